The molecule has 0 aromatic rings. The average molecular weight is 261 g/mol. The molecule has 0 fully saturated rings. The van der Waals surface area contributed by atoms with Crippen LogP contribution in [0.4, 0.5) is 0 Å². The van der Waals surface area contributed by atoms with Gasteiger partial charge in [0.25, 0.3) is 0 Å². The molecule has 0 saturated carbocycles. The molecular formula is C4H10CeO2P. The van der Waals surface area contributed by atoms with E-state index in [9.17, 15) is 0 Å². The Kier molecular flexibility index (Phi) is 223. The Morgan fingerprint density at radius 2 is 1.25 bits per heavy atom. The van der Waals surface area contributed by atoms with Crippen molar-refractivity contribution in [2.45, 2.75) is 13.8 Å². The molecule has 0 aliphatic rings. The summed E-state index contributed by atoms with van der Waals surface area (Å²) in [5.74, 6) is 0. The predicted molar refractivity (Wildman–Crippen MR) is 29.7 cm³/mol. The van der Waals surface area contributed by atoms with Gasteiger partial charge in [0, 0.05) is 0 Å². The maximum absolute atomic E-state index is 8.35. The first kappa shape index (κ1) is 22.7. The summed E-state index contributed by atoms with van der Waals surface area (Å²) in [4.78, 5) is 8.35. The van der Waals surface area contributed by atoms with E-state index in [1.54, 1.807) is 13.8 Å². The van der Waals surface area contributed by atoms with Crippen LogP contribution in [-0.2, 0) is 4.57 Å². The molecule has 0 rings (SSSR count). The van der Waals surface area contributed by atoms with E-state index in [1.165, 1.54) is 0 Å². The van der Waals surface area contributed by atoms with Crippen LogP contribution in [-0.4, -0.2) is 0 Å². The van der Waals surface area contributed by atoms with Crippen LogP contribution in [0.2, 0.25) is 0 Å². The maximum Gasteiger partial charge on any atom is 3.00 e. The second-order valence-electron chi connectivity index (χ2n) is 0.0745. The number of hydrogen-bond acceptors (Lipinski definition) is 2. The molecule has 0 bridgehead atoms. The Bertz CT molecular complexity index is 21.5. The van der Waals surface area contributed by atoms with Gasteiger partial charge in [-0.3, -0.25) is 4.57 Å². The van der Waals surface area contributed by atoms with Gasteiger partial charge in [-0.1, -0.05) is 0 Å². The van der Waals surface area contributed by atoms with E-state index in [-0.39, 0.29) is 41.7 Å². The molecule has 0 N–H and O–H groups in total. The summed E-state index contributed by atoms with van der Waals surface area (Å²) in [6.07, 6.45) is 0. The van der Waals surface area contributed by atoms with Crippen LogP contribution in [0.3, 0.4) is 0 Å². The van der Waals surface area contributed by atoms with Crippen molar-refractivity contribution >= 4 is 8.69 Å². The summed E-state index contributed by atoms with van der Waals surface area (Å²) >= 11 is 0. The zero-order valence-corrected chi connectivity index (χ0v) is 9.21. The summed E-state index contributed by atoms with van der Waals surface area (Å²) in [5, 5.41) is 0. The summed E-state index contributed by atoms with van der Waals surface area (Å²) in [5.41, 5.74) is 0. The van der Waals surface area contributed by atoms with Gasteiger partial charge in [0.05, 0.1) is 8.69 Å². The molecule has 8 heavy (non-hydrogen) atoms. The van der Waals surface area contributed by atoms with Gasteiger partial charge in [-0.25, -0.2) is 0 Å². The van der Waals surface area contributed by atoms with E-state index in [2.05, 4.69) is 13.8 Å². The molecule has 4 heteroatoms. The van der Waals surface area contributed by atoms with Gasteiger partial charge >= 0.3 is 41.7 Å². The van der Waals surface area contributed by atoms with Crippen molar-refractivity contribution < 1.29 is 51.2 Å². The predicted octanol–water partition coefficient (Wildman–Crippen LogP) is 1.23. The van der Waals surface area contributed by atoms with Crippen molar-refractivity contribution in [3.05, 3.63) is 13.8 Å². The minimum Gasteiger partial charge on any atom is -0.772 e. The first-order valence-corrected chi connectivity index (χ1v) is 2.51. The first-order chi connectivity index (χ1) is 3.41. The number of hydrogen-bond donors (Lipinski definition) is 0. The van der Waals surface area contributed by atoms with Crippen molar-refractivity contribution in [1.29, 1.82) is 0 Å². The van der Waals surface area contributed by atoms with Crippen molar-refractivity contribution in [3.8, 4) is 0 Å². The first-order valence-electron chi connectivity index (χ1n) is 1.78. The standard InChI is InChI=1S/2C2H5.Ce.HO2P/c2*1-2;;1-3-2/h2*1H2,2H3;;(H,1,2)/q2*-1;+3;/p-1. The molecule has 2 nitrogen and oxygen atoms in total. The van der Waals surface area contributed by atoms with Crippen LogP contribution in [0, 0.1) is 55.6 Å². The van der Waals surface area contributed by atoms with E-state index in [1.807, 2.05) is 0 Å². The molecule has 47 valence electrons. The third-order valence-electron chi connectivity index (χ3n) is 0. The van der Waals surface area contributed by atoms with Crippen LogP contribution in [0.5, 0.6) is 0 Å². The SMILES string of the molecule is O=P[O-].[CH2-]C.[CH2-]C.[Ce+3]. The minimum absolute atomic E-state index is 0. The molecule has 0 atom stereocenters. The zero-order chi connectivity index (χ0) is 6.71. The van der Waals surface area contributed by atoms with E-state index in [4.69, 9.17) is 9.46 Å². The molecular weight excluding hydrogens is 251 g/mol. The maximum atomic E-state index is 8.35. The van der Waals surface area contributed by atoms with Crippen molar-refractivity contribution in [2.75, 3.05) is 0 Å². The summed E-state index contributed by atoms with van der Waals surface area (Å²) < 4.78 is 8.35. The van der Waals surface area contributed by atoms with Crippen molar-refractivity contribution in [2.24, 2.45) is 0 Å². The Morgan fingerprint density at radius 3 is 1.25 bits per heavy atom. The third kappa shape index (κ3) is 149. The molecule has 0 heterocycles. The molecule has 0 aliphatic heterocycles. The van der Waals surface area contributed by atoms with Gasteiger partial charge in [-0.05, 0) is 0 Å². The van der Waals surface area contributed by atoms with Gasteiger partial charge in [0.15, 0.2) is 0 Å². The zero-order valence-electron chi connectivity index (χ0n) is 5.18. The van der Waals surface area contributed by atoms with Crippen molar-refractivity contribution in [1.82, 2.24) is 0 Å². The third-order valence-corrected chi connectivity index (χ3v) is 0. The van der Waals surface area contributed by atoms with E-state index in [0.717, 1.165) is 0 Å². The van der Waals surface area contributed by atoms with Crippen molar-refractivity contribution in [3.63, 3.8) is 0 Å². The van der Waals surface area contributed by atoms with E-state index >= 15 is 0 Å². The Morgan fingerprint density at radius 1 is 1.25 bits per heavy atom. The molecule has 0 saturated heterocycles. The molecule has 0 aromatic carbocycles. The smallest absolute Gasteiger partial charge is 0.772 e. The quantitative estimate of drug-likeness (QED) is 0.486. The van der Waals surface area contributed by atoms with E-state index < -0.39 is 8.69 Å². The van der Waals surface area contributed by atoms with Gasteiger partial charge in [-0.15, -0.1) is 0 Å². The summed E-state index contributed by atoms with van der Waals surface area (Å²) in [6, 6.07) is 0. The molecule has 0 amide bonds. The second-order valence-corrected chi connectivity index (χ2v) is 0.224. The fourth-order valence-electron chi connectivity index (χ4n) is 0. The van der Waals surface area contributed by atoms with Crippen LogP contribution in [0.15, 0.2) is 0 Å². The Hall–Kier alpha value is 1.44. The van der Waals surface area contributed by atoms with Crippen LogP contribution in [0.1, 0.15) is 13.8 Å². The van der Waals surface area contributed by atoms with Gasteiger partial charge in [0.2, 0.25) is 0 Å². The minimum atomic E-state index is -1.08. The Labute approximate surface area is 86.7 Å². The topological polar surface area (TPSA) is 40.1 Å². The summed E-state index contributed by atoms with van der Waals surface area (Å²) in [7, 11) is -1.08. The fraction of sp³-hybridized carbons (Fsp3) is 0.500. The van der Waals surface area contributed by atoms with Crippen LogP contribution >= 0.6 is 8.69 Å². The van der Waals surface area contributed by atoms with E-state index in [0.29, 0.717) is 0 Å². The molecule has 1 radical (unpaired) electrons. The average Bonchev–Trinajstić information content (AvgIpc) is 1.78. The number of rotatable bonds is 0. The van der Waals surface area contributed by atoms with Gasteiger partial charge in [0.1, 0.15) is 0 Å². The monoisotopic (exact) mass is 261 g/mol. The Balaban J connectivity index is -0.0000000147. The molecule has 0 spiro atoms. The fourth-order valence-corrected chi connectivity index (χ4v) is 0. The van der Waals surface area contributed by atoms with Crippen LogP contribution in [0.25, 0.3) is 0 Å². The molecule has 0 aromatic heterocycles. The van der Waals surface area contributed by atoms with Gasteiger partial charge in [-0.2, -0.15) is 13.8 Å². The molecule has 0 unspecified atom stereocenters. The van der Waals surface area contributed by atoms with Crippen LogP contribution < -0.4 is 4.89 Å². The molecule has 0 aliphatic carbocycles. The summed E-state index contributed by atoms with van der Waals surface area (Å²) in [6.45, 7) is 10.0. The second kappa shape index (κ2) is 78.6. The normalized spacial score (nSPS) is 4.12. The van der Waals surface area contributed by atoms with Gasteiger partial charge < -0.3 is 18.7 Å². The largest absolute Gasteiger partial charge is 3.00 e.